The monoisotopic (exact) mass is 460 g/mol. The van der Waals surface area contributed by atoms with E-state index in [1.807, 2.05) is 18.2 Å². The number of anilines is 1. The quantitative estimate of drug-likeness (QED) is 0.590. The number of fused-ring (bicyclic) bond motifs is 1. The van der Waals surface area contributed by atoms with Crippen molar-refractivity contribution in [2.45, 2.75) is 24.4 Å². The summed E-state index contributed by atoms with van der Waals surface area (Å²) in [4.78, 5) is 20.3. The van der Waals surface area contributed by atoms with Crippen molar-refractivity contribution >= 4 is 32.4 Å². The lowest BCUT2D eigenvalue weighted by Crippen LogP contribution is -2.29. The van der Waals surface area contributed by atoms with E-state index < -0.39 is 21.7 Å². The molecule has 0 saturated carbocycles. The molecule has 0 bridgehead atoms. The van der Waals surface area contributed by atoms with Gasteiger partial charge in [-0.25, -0.2) is 22.5 Å². The Morgan fingerprint density at radius 1 is 1.23 bits per heavy atom. The number of sulfonamides is 1. The number of thiazole rings is 1. The van der Waals surface area contributed by atoms with Crippen LogP contribution in [-0.2, 0) is 29.5 Å². The summed E-state index contributed by atoms with van der Waals surface area (Å²) in [5.74, 6) is -1.54. The number of aromatic nitrogens is 1. The molecule has 1 aliphatic rings. The average molecular weight is 461 g/mol. The van der Waals surface area contributed by atoms with Crippen molar-refractivity contribution in [2.24, 2.45) is 0 Å². The first-order chi connectivity index (χ1) is 14.9. The Balaban J connectivity index is 1.48. The molecule has 10 heteroatoms. The van der Waals surface area contributed by atoms with E-state index >= 15 is 0 Å². The second kappa shape index (κ2) is 8.83. The molecule has 0 fully saturated rings. The van der Waals surface area contributed by atoms with Gasteiger partial charge in [0.15, 0.2) is 5.13 Å². The minimum atomic E-state index is -3.79. The van der Waals surface area contributed by atoms with Gasteiger partial charge in [-0.15, -0.1) is 11.3 Å². The van der Waals surface area contributed by atoms with E-state index in [-0.39, 0.29) is 10.5 Å². The van der Waals surface area contributed by atoms with E-state index in [0.29, 0.717) is 5.13 Å². The molecule has 1 amide bonds. The van der Waals surface area contributed by atoms with Crippen LogP contribution < -0.4 is 10.0 Å². The van der Waals surface area contributed by atoms with Crippen LogP contribution in [0.15, 0.2) is 53.4 Å². The van der Waals surface area contributed by atoms with Gasteiger partial charge in [-0.2, -0.15) is 0 Å². The first-order valence-corrected chi connectivity index (χ1v) is 11.9. The molecule has 0 spiro atoms. The number of rotatable bonds is 6. The van der Waals surface area contributed by atoms with Crippen molar-refractivity contribution in [3.05, 3.63) is 76.0 Å². The standard InChI is InChI=1S/C21H21FN4O3S2/c1-23-31(28,29)15-7-8-17(22)16(11-15)20(27)25-21-24-18-9-10-26(13-19(18)30-21)12-14-5-3-2-4-6-14/h2-8,11,23H,9-10,12-13H2,1H3,(H,24,25,27). The highest BCUT2D eigenvalue weighted by Crippen LogP contribution is 2.29. The molecule has 0 unspecified atom stereocenters. The normalized spacial score (nSPS) is 14.3. The Hall–Kier alpha value is -2.66. The molecular weight excluding hydrogens is 439 g/mol. The highest BCUT2D eigenvalue weighted by Gasteiger charge is 2.23. The Morgan fingerprint density at radius 3 is 2.74 bits per heavy atom. The van der Waals surface area contributed by atoms with Gasteiger partial charge in [0.05, 0.1) is 16.2 Å². The predicted octanol–water partition coefficient (Wildman–Crippen LogP) is 3.00. The highest BCUT2D eigenvalue weighted by atomic mass is 32.2. The van der Waals surface area contributed by atoms with Gasteiger partial charge >= 0.3 is 0 Å². The fraction of sp³-hybridized carbons (Fsp3) is 0.238. The summed E-state index contributed by atoms with van der Waals surface area (Å²) in [6, 6.07) is 13.3. The first kappa shape index (κ1) is 21.6. The van der Waals surface area contributed by atoms with E-state index in [9.17, 15) is 17.6 Å². The second-order valence-electron chi connectivity index (χ2n) is 7.14. The Morgan fingerprint density at radius 2 is 2.00 bits per heavy atom. The molecule has 3 aromatic rings. The van der Waals surface area contributed by atoms with Gasteiger partial charge in [-0.1, -0.05) is 30.3 Å². The molecule has 4 rings (SSSR count). The number of nitrogens with one attached hydrogen (secondary N) is 2. The summed E-state index contributed by atoms with van der Waals surface area (Å²) >= 11 is 1.35. The van der Waals surface area contributed by atoms with Crippen molar-refractivity contribution in [2.75, 3.05) is 18.9 Å². The average Bonchev–Trinajstić information content (AvgIpc) is 3.16. The molecule has 0 radical (unpaired) electrons. The minimum absolute atomic E-state index is 0.184. The molecule has 1 aliphatic heterocycles. The summed E-state index contributed by atoms with van der Waals surface area (Å²) < 4.78 is 40.3. The highest BCUT2D eigenvalue weighted by molar-refractivity contribution is 7.89. The number of benzene rings is 2. The fourth-order valence-electron chi connectivity index (χ4n) is 3.41. The topological polar surface area (TPSA) is 91.4 Å². The molecule has 2 aromatic carbocycles. The number of hydrogen-bond acceptors (Lipinski definition) is 6. The Labute approximate surface area is 184 Å². The molecule has 31 heavy (non-hydrogen) atoms. The van der Waals surface area contributed by atoms with E-state index in [2.05, 4.69) is 32.1 Å². The third-order valence-electron chi connectivity index (χ3n) is 5.04. The molecule has 0 atom stereocenters. The van der Waals surface area contributed by atoms with Crippen molar-refractivity contribution in [3.63, 3.8) is 0 Å². The first-order valence-electron chi connectivity index (χ1n) is 9.65. The number of halogens is 1. The lowest BCUT2D eigenvalue weighted by Gasteiger charge is -2.25. The number of amides is 1. The molecule has 0 saturated heterocycles. The van der Waals surface area contributed by atoms with Gasteiger partial charge in [0, 0.05) is 30.9 Å². The Bertz CT molecular complexity index is 1210. The van der Waals surface area contributed by atoms with Crippen molar-refractivity contribution in [1.29, 1.82) is 0 Å². The maximum absolute atomic E-state index is 14.2. The van der Waals surface area contributed by atoms with Gasteiger partial charge in [0.1, 0.15) is 5.82 Å². The van der Waals surface area contributed by atoms with Crippen LogP contribution in [0, 0.1) is 5.82 Å². The number of nitrogens with zero attached hydrogens (tertiary/aromatic N) is 2. The van der Waals surface area contributed by atoms with Crippen molar-refractivity contribution < 1.29 is 17.6 Å². The summed E-state index contributed by atoms with van der Waals surface area (Å²) in [5.41, 5.74) is 1.81. The molecule has 162 valence electrons. The SMILES string of the molecule is CNS(=O)(=O)c1ccc(F)c(C(=O)Nc2nc3c(s2)CN(Cc2ccccc2)CC3)c1. The zero-order valence-corrected chi connectivity index (χ0v) is 18.4. The fourth-order valence-corrected chi connectivity index (χ4v) is 5.21. The van der Waals surface area contributed by atoms with Crippen LogP contribution in [0.3, 0.4) is 0 Å². The predicted molar refractivity (Wildman–Crippen MR) is 117 cm³/mol. The molecule has 0 aliphatic carbocycles. The van der Waals surface area contributed by atoms with Gasteiger partial charge in [0.2, 0.25) is 10.0 Å². The smallest absolute Gasteiger partial charge is 0.260 e. The van der Waals surface area contributed by atoms with Crippen LogP contribution in [0.4, 0.5) is 9.52 Å². The van der Waals surface area contributed by atoms with Crippen LogP contribution >= 0.6 is 11.3 Å². The van der Waals surface area contributed by atoms with Crippen LogP contribution in [0.25, 0.3) is 0 Å². The molecular formula is C21H21FN4O3S2. The van der Waals surface area contributed by atoms with Crippen LogP contribution in [0.1, 0.15) is 26.5 Å². The number of carbonyl (C=O) groups is 1. The minimum Gasteiger partial charge on any atom is -0.298 e. The van der Waals surface area contributed by atoms with Crippen LogP contribution in [0.2, 0.25) is 0 Å². The van der Waals surface area contributed by atoms with Crippen LogP contribution in [0.5, 0.6) is 0 Å². The maximum atomic E-state index is 14.2. The van der Waals surface area contributed by atoms with Crippen LogP contribution in [-0.4, -0.2) is 37.8 Å². The summed E-state index contributed by atoms with van der Waals surface area (Å²) in [6.45, 7) is 2.41. The Kier molecular flexibility index (Phi) is 6.15. The summed E-state index contributed by atoms with van der Waals surface area (Å²) in [7, 11) is -2.54. The molecule has 2 N–H and O–H groups in total. The second-order valence-corrected chi connectivity index (χ2v) is 10.1. The van der Waals surface area contributed by atoms with E-state index in [0.717, 1.165) is 54.8 Å². The van der Waals surface area contributed by atoms with Gasteiger partial charge < -0.3 is 0 Å². The zero-order valence-electron chi connectivity index (χ0n) is 16.8. The number of carbonyl (C=O) groups excluding carboxylic acids is 1. The van der Waals surface area contributed by atoms with Gasteiger partial charge in [-0.3, -0.25) is 15.0 Å². The summed E-state index contributed by atoms with van der Waals surface area (Å²) in [6.07, 6.45) is 0.763. The van der Waals surface area contributed by atoms with E-state index in [1.54, 1.807) is 0 Å². The van der Waals surface area contributed by atoms with Crippen molar-refractivity contribution in [3.8, 4) is 0 Å². The van der Waals surface area contributed by atoms with Gasteiger partial charge in [-0.05, 0) is 30.8 Å². The summed E-state index contributed by atoms with van der Waals surface area (Å²) in [5, 5.41) is 2.99. The molecule has 1 aromatic heterocycles. The van der Waals surface area contributed by atoms with Gasteiger partial charge in [0.25, 0.3) is 5.91 Å². The third kappa shape index (κ3) is 4.82. The van der Waals surface area contributed by atoms with E-state index in [4.69, 9.17) is 0 Å². The largest absolute Gasteiger partial charge is 0.298 e. The lowest BCUT2D eigenvalue weighted by atomic mass is 10.1. The number of hydrogen-bond donors (Lipinski definition) is 2. The maximum Gasteiger partial charge on any atom is 0.260 e. The van der Waals surface area contributed by atoms with Crippen molar-refractivity contribution in [1.82, 2.24) is 14.6 Å². The molecule has 7 nitrogen and oxygen atoms in total. The molecule has 2 heterocycles. The zero-order chi connectivity index (χ0) is 22.0. The third-order valence-corrected chi connectivity index (χ3v) is 7.45. The van der Waals surface area contributed by atoms with E-state index in [1.165, 1.54) is 23.9 Å². The lowest BCUT2D eigenvalue weighted by molar-refractivity contribution is 0.102.